The van der Waals surface area contributed by atoms with E-state index in [1.54, 1.807) is 4.90 Å². The molecule has 21 heavy (non-hydrogen) atoms. The van der Waals surface area contributed by atoms with Gasteiger partial charge in [-0.1, -0.05) is 42.8 Å². The summed E-state index contributed by atoms with van der Waals surface area (Å²) in [4.78, 5) is 13.0. The zero-order valence-corrected chi connectivity index (χ0v) is 14.3. The van der Waals surface area contributed by atoms with E-state index >= 15 is 0 Å². The second kappa shape index (κ2) is 6.26. The third kappa shape index (κ3) is 4.13. The molecular formula is C16H22BrNO3. The molecule has 116 valence electrons. The second-order valence-corrected chi connectivity index (χ2v) is 7.50. The third-order valence-electron chi connectivity index (χ3n) is 3.90. The zero-order valence-electron chi connectivity index (χ0n) is 12.7. The van der Waals surface area contributed by atoms with E-state index in [-0.39, 0.29) is 17.6 Å². The minimum Gasteiger partial charge on any atom is -0.490 e. The Morgan fingerprint density at radius 2 is 2.14 bits per heavy atom. The van der Waals surface area contributed by atoms with E-state index in [1.807, 2.05) is 24.3 Å². The first kappa shape index (κ1) is 16.1. The molecule has 1 heterocycles. The van der Waals surface area contributed by atoms with Crippen LogP contribution in [-0.4, -0.2) is 34.8 Å². The monoisotopic (exact) mass is 355 g/mol. The normalized spacial score (nSPS) is 23.0. The summed E-state index contributed by atoms with van der Waals surface area (Å²) < 4.78 is 7.02. The van der Waals surface area contributed by atoms with Crippen LogP contribution in [-0.2, 0) is 0 Å². The van der Waals surface area contributed by atoms with E-state index in [9.17, 15) is 9.90 Å². The van der Waals surface area contributed by atoms with Gasteiger partial charge in [0.25, 0.3) is 0 Å². The summed E-state index contributed by atoms with van der Waals surface area (Å²) in [5.74, 6) is 0.825. The highest BCUT2D eigenvalue weighted by atomic mass is 79.9. The molecule has 1 aliphatic heterocycles. The molecule has 0 bridgehead atoms. The number of hydrogen-bond donors (Lipinski definition) is 1. The average molecular weight is 356 g/mol. The molecule has 0 spiro atoms. The van der Waals surface area contributed by atoms with Gasteiger partial charge in [-0.25, -0.2) is 4.79 Å². The number of rotatable bonds is 2. The Kier molecular flexibility index (Phi) is 4.81. The SMILES string of the molecule is CC(C)(C)C1CC(Oc2cccc(Br)c2)CCN1C(=O)O. The molecule has 1 N–H and O–H groups in total. The van der Waals surface area contributed by atoms with Crippen molar-refractivity contribution in [1.82, 2.24) is 4.90 Å². The largest absolute Gasteiger partial charge is 0.490 e. The maximum atomic E-state index is 11.4. The zero-order chi connectivity index (χ0) is 15.6. The fourth-order valence-corrected chi connectivity index (χ4v) is 3.20. The van der Waals surface area contributed by atoms with Gasteiger partial charge < -0.3 is 14.7 Å². The molecule has 4 nitrogen and oxygen atoms in total. The van der Waals surface area contributed by atoms with Crippen LogP contribution in [0.15, 0.2) is 28.7 Å². The van der Waals surface area contributed by atoms with Crippen LogP contribution >= 0.6 is 15.9 Å². The van der Waals surface area contributed by atoms with E-state index in [4.69, 9.17) is 4.74 Å². The highest BCUT2D eigenvalue weighted by Crippen LogP contribution is 2.33. The topological polar surface area (TPSA) is 49.8 Å². The number of piperidine rings is 1. The molecule has 1 aliphatic rings. The van der Waals surface area contributed by atoms with E-state index in [0.717, 1.165) is 23.1 Å². The fraction of sp³-hybridized carbons (Fsp3) is 0.562. The minimum atomic E-state index is -0.837. The van der Waals surface area contributed by atoms with Crippen molar-refractivity contribution in [3.63, 3.8) is 0 Å². The van der Waals surface area contributed by atoms with Crippen LogP contribution in [0.3, 0.4) is 0 Å². The molecule has 0 saturated carbocycles. The summed E-state index contributed by atoms with van der Waals surface area (Å²) in [6.45, 7) is 6.76. The van der Waals surface area contributed by atoms with Gasteiger partial charge in [0, 0.05) is 29.9 Å². The molecule has 1 fully saturated rings. The highest BCUT2D eigenvalue weighted by Gasteiger charge is 2.39. The lowest BCUT2D eigenvalue weighted by molar-refractivity contribution is 0.0130. The van der Waals surface area contributed by atoms with Gasteiger partial charge in [-0.15, -0.1) is 0 Å². The lowest BCUT2D eigenvalue weighted by atomic mass is 9.80. The number of halogens is 1. The van der Waals surface area contributed by atoms with E-state index < -0.39 is 6.09 Å². The van der Waals surface area contributed by atoms with E-state index in [0.29, 0.717) is 6.54 Å². The van der Waals surface area contributed by atoms with Gasteiger partial charge in [-0.05, 0) is 23.6 Å². The van der Waals surface area contributed by atoms with E-state index in [2.05, 4.69) is 36.7 Å². The quantitative estimate of drug-likeness (QED) is 0.855. The predicted octanol–water partition coefficient (Wildman–Crippen LogP) is 4.39. The first-order valence-corrected chi connectivity index (χ1v) is 7.98. The Hall–Kier alpha value is -1.23. The van der Waals surface area contributed by atoms with Gasteiger partial charge in [0.15, 0.2) is 0 Å². The molecule has 5 heteroatoms. The minimum absolute atomic E-state index is 0.0269. The van der Waals surface area contributed by atoms with Crippen molar-refractivity contribution in [1.29, 1.82) is 0 Å². The van der Waals surface area contributed by atoms with Crippen molar-refractivity contribution in [3.05, 3.63) is 28.7 Å². The average Bonchev–Trinajstić information content (AvgIpc) is 2.37. The number of likely N-dealkylation sites (tertiary alicyclic amines) is 1. The van der Waals surface area contributed by atoms with Crippen LogP contribution < -0.4 is 4.74 Å². The van der Waals surface area contributed by atoms with Crippen molar-refractivity contribution in [2.45, 2.75) is 45.8 Å². The maximum Gasteiger partial charge on any atom is 0.407 e. The molecule has 1 amide bonds. The van der Waals surface area contributed by atoms with Gasteiger partial charge in [0.2, 0.25) is 0 Å². The van der Waals surface area contributed by atoms with Gasteiger partial charge >= 0.3 is 6.09 Å². The maximum absolute atomic E-state index is 11.4. The first-order valence-electron chi connectivity index (χ1n) is 7.19. The summed E-state index contributed by atoms with van der Waals surface area (Å²) in [6.07, 6.45) is 0.670. The first-order chi connectivity index (χ1) is 9.77. The summed E-state index contributed by atoms with van der Waals surface area (Å²) in [5, 5.41) is 9.36. The van der Waals surface area contributed by atoms with Crippen molar-refractivity contribution >= 4 is 22.0 Å². The molecule has 1 aromatic carbocycles. The summed E-state index contributed by atoms with van der Waals surface area (Å²) in [5.41, 5.74) is -0.0995. The molecule has 0 aliphatic carbocycles. The highest BCUT2D eigenvalue weighted by molar-refractivity contribution is 9.10. The number of nitrogens with zero attached hydrogens (tertiary/aromatic N) is 1. The van der Waals surface area contributed by atoms with E-state index in [1.165, 1.54) is 0 Å². The summed E-state index contributed by atoms with van der Waals surface area (Å²) in [7, 11) is 0. The van der Waals surface area contributed by atoms with Crippen molar-refractivity contribution < 1.29 is 14.6 Å². The molecule has 2 unspecified atom stereocenters. The van der Waals surface area contributed by atoms with Crippen molar-refractivity contribution in [2.24, 2.45) is 5.41 Å². The van der Waals surface area contributed by atoms with Crippen LogP contribution in [0.1, 0.15) is 33.6 Å². The molecule has 1 aromatic rings. The Bertz CT molecular complexity index is 512. The van der Waals surface area contributed by atoms with Gasteiger partial charge in [0.05, 0.1) is 0 Å². The summed E-state index contributed by atoms with van der Waals surface area (Å²) in [6, 6.07) is 7.74. The van der Waals surface area contributed by atoms with Gasteiger partial charge in [0.1, 0.15) is 11.9 Å². The van der Waals surface area contributed by atoms with Gasteiger partial charge in [-0.2, -0.15) is 0 Å². The number of carbonyl (C=O) groups is 1. The molecular weight excluding hydrogens is 334 g/mol. The number of ether oxygens (including phenoxy) is 1. The van der Waals surface area contributed by atoms with Crippen LogP contribution in [0.2, 0.25) is 0 Å². The van der Waals surface area contributed by atoms with Crippen LogP contribution in [0.4, 0.5) is 4.79 Å². The standard InChI is InChI=1S/C16H22BrNO3/c1-16(2,3)14-10-13(7-8-18(14)15(19)20)21-12-6-4-5-11(17)9-12/h4-6,9,13-14H,7-8,10H2,1-3H3,(H,19,20). The smallest absolute Gasteiger partial charge is 0.407 e. The Morgan fingerprint density at radius 1 is 1.43 bits per heavy atom. The molecule has 1 saturated heterocycles. The van der Waals surface area contributed by atoms with Crippen LogP contribution in [0.5, 0.6) is 5.75 Å². The Morgan fingerprint density at radius 3 is 2.71 bits per heavy atom. The summed E-state index contributed by atoms with van der Waals surface area (Å²) >= 11 is 3.43. The number of carboxylic acid groups (broad SMARTS) is 1. The molecule has 2 atom stereocenters. The van der Waals surface area contributed by atoms with Crippen molar-refractivity contribution in [3.8, 4) is 5.75 Å². The molecule has 2 rings (SSSR count). The molecule has 0 aromatic heterocycles. The Labute approximate surface area is 134 Å². The number of hydrogen-bond acceptors (Lipinski definition) is 2. The van der Waals surface area contributed by atoms with Crippen molar-refractivity contribution in [2.75, 3.05) is 6.54 Å². The van der Waals surface area contributed by atoms with Crippen LogP contribution in [0, 0.1) is 5.41 Å². The molecule has 0 radical (unpaired) electrons. The predicted molar refractivity (Wildman–Crippen MR) is 85.8 cm³/mol. The third-order valence-corrected chi connectivity index (χ3v) is 4.39. The van der Waals surface area contributed by atoms with Gasteiger partial charge in [-0.3, -0.25) is 0 Å². The number of benzene rings is 1. The lowest BCUT2D eigenvalue weighted by Gasteiger charge is -2.44. The fourth-order valence-electron chi connectivity index (χ4n) is 2.82. The number of amides is 1. The Balaban J connectivity index is 2.09. The second-order valence-electron chi connectivity index (χ2n) is 6.58. The lowest BCUT2D eigenvalue weighted by Crippen LogP contribution is -2.53. The van der Waals surface area contributed by atoms with Crippen LogP contribution in [0.25, 0.3) is 0 Å².